The van der Waals surface area contributed by atoms with Crippen molar-refractivity contribution in [2.75, 3.05) is 0 Å². The lowest BCUT2D eigenvalue weighted by Crippen LogP contribution is -2.03. The van der Waals surface area contributed by atoms with Crippen LogP contribution in [0.3, 0.4) is 0 Å². The fourth-order valence-electron chi connectivity index (χ4n) is 2.44. The summed E-state index contributed by atoms with van der Waals surface area (Å²) < 4.78 is 27.1. The minimum absolute atomic E-state index is 0.295. The Hall–Kier alpha value is -1.62. The fourth-order valence-corrected chi connectivity index (χ4v) is 2.77. The van der Waals surface area contributed by atoms with Gasteiger partial charge in [-0.15, -0.1) is 0 Å². The number of halogens is 2. The summed E-state index contributed by atoms with van der Waals surface area (Å²) in [6.07, 6.45) is 3.29. The smallest absolute Gasteiger partial charge is 0.133 e. The van der Waals surface area contributed by atoms with Crippen LogP contribution < -0.4 is 0 Å². The molecule has 0 amide bonds. The average molecular weight is 278 g/mol. The SMILES string of the molecule is Fc1ccc(Cc2nc(=S)c3c([nH]2)CCC3)c(F)c1. The summed E-state index contributed by atoms with van der Waals surface area (Å²) >= 11 is 5.25. The molecule has 0 aliphatic heterocycles. The maximum atomic E-state index is 13.6. The first-order valence-corrected chi connectivity index (χ1v) is 6.59. The predicted molar refractivity (Wildman–Crippen MR) is 70.6 cm³/mol. The highest BCUT2D eigenvalue weighted by Crippen LogP contribution is 2.21. The molecule has 1 N–H and O–H groups in total. The van der Waals surface area contributed by atoms with Crippen LogP contribution in [0.15, 0.2) is 18.2 Å². The van der Waals surface area contributed by atoms with E-state index in [1.54, 1.807) is 0 Å². The summed E-state index contributed by atoms with van der Waals surface area (Å²) in [5.41, 5.74) is 2.63. The number of H-pyrrole nitrogens is 1. The van der Waals surface area contributed by atoms with Crippen molar-refractivity contribution in [2.24, 2.45) is 0 Å². The summed E-state index contributed by atoms with van der Waals surface area (Å²) in [7, 11) is 0. The van der Waals surface area contributed by atoms with Crippen LogP contribution in [0.4, 0.5) is 8.78 Å². The van der Waals surface area contributed by atoms with E-state index in [0.29, 0.717) is 22.4 Å². The van der Waals surface area contributed by atoms with Gasteiger partial charge in [0.15, 0.2) is 0 Å². The standard InChI is InChI=1S/C14H12F2N2S/c15-9-5-4-8(11(16)7-9)6-13-17-12-3-1-2-10(12)14(19)18-13/h4-5,7H,1-3,6H2,(H,17,18,19). The maximum Gasteiger partial charge on any atom is 0.133 e. The molecule has 19 heavy (non-hydrogen) atoms. The third-order valence-electron chi connectivity index (χ3n) is 3.38. The minimum atomic E-state index is -0.573. The second-order valence-electron chi connectivity index (χ2n) is 4.71. The number of aromatic amines is 1. The number of rotatable bonds is 2. The highest BCUT2D eigenvalue weighted by Gasteiger charge is 2.15. The number of aromatic nitrogens is 2. The number of aryl methyl sites for hydroxylation is 1. The van der Waals surface area contributed by atoms with Gasteiger partial charge in [0.05, 0.1) is 0 Å². The van der Waals surface area contributed by atoms with Crippen LogP contribution in [0.1, 0.15) is 29.1 Å². The zero-order valence-corrected chi connectivity index (χ0v) is 11.0. The van der Waals surface area contributed by atoms with E-state index in [0.717, 1.165) is 36.6 Å². The van der Waals surface area contributed by atoms with Crippen LogP contribution >= 0.6 is 12.2 Å². The van der Waals surface area contributed by atoms with Crippen molar-refractivity contribution >= 4 is 12.2 Å². The second kappa shape index (κ2) is 4.81. The molecule has 0 atom stereocenters. The van der Waals surface area contributed by atoms with Gasteiger partial charge in [0.25, 0.3) is 0 Å². The van der Waals surface area contributed by atoms with Crippen molar-refractivity contribution in [3.63, 3.8) is 0 Å². The first kappa shape index (κ1) is 12.4. The summed E-state index contributed by atoms with van der Waals surface area (Å²) in [5.74, 6) is -0.492. The van der Waals surface area contributed by atoms with Gasteiger partial charge in [0, 0.05) is 23.7 Å². The Bertz CT molecular complexity index is 694. The molecule has 1 aliphatic carbocycles. The molecule has 5 heteroatoms. The molecule has 98 valence electrons. The molecule has 0 saturated carbocycles. The number of nitrogens with one attached hydrogen (secondary N) is 1. The largest absolute Gasteiger partial charge is 0.347 e. The highest BCUT2D eigenvalue weighted by molar-refractivity contribution is 7.71. The van der Waals surface area contributed by atoms with Crippen molar-refractivity contribution in [2.45, 2.75) is 25.7 Å². The Morgan fingerprint density at radius 3 is 2.89 bits per heavy atom. The number of hydrogen-bond donors (Lipinski definition) is 1. The first-order valence-electron chi connectivity index (χ1n) is 6.18. The first-order chi connectivity index (χ1) is 9.13. The molecule has 0 spiro atoms. The Kier molecular flexibility index (Phi) is 3.14. The average Bonchev–Trinajstić information content (AvgIpc) is 2.81. The zero-order chi connectivity index (χ0) is 13.4. The lowest BCUT2D eigenvalue weighted by Gasteiger charge is -2.06. The molecule has 1 aromatic heterocycles. The van der Waals surface area contributed by atoms with E-state index >= 15 is 0 Å². The van der Waals surface area contributed by atoms with Crippen LogP contribution in [-0.2, 0) is 19.3 Å². The molecular weight excluding hydrogens is 266 g/mol. The predicted octanol–water partition coefficient (Wildman–Crippen LogP) is 3.50. The van der Waals surface area contributed by atoms with Crippen LogP contribution in [-0.4, -0.2) is 9.97 Å². The normalized spacial score (nSPS) is 13.6. The molecule has 1 aromatic carbocycles. The Balaban J connectivity index is 1.96. The van der Waals surface area contributed by atoms with Gasteiger partial charge in [-0.1, -0.05) is 18.3 Å². The van der Waals surface area contributed by atoms with Gasteiger partial charge >= 0.3 is 0 Å². The van der Waals surface area contributed by atoms with Crippen LogP contribution in [0, 0.1) is 16.3 Å². The third-order valence-corrected chi connectivity index (χ3v) is 3.72. The molecule has 3 rings (SSSR count). The van der Waals surface area contributed by atoms with E-state index in [2.05, 4.69) is 9.97 Å². The quantitative estimate of drug-likeness (QED) is 0.852. The monoisotopic (exact) mass is 278 g/mol. The van der Waals surface area contributed by atoms with Crippen molar-refractivity contribution in [3.05, 3.63) is 57.1 Å². The molecule has 0 unspecified atom stereocenters. The van der Waals surface area contributed by atoms with Crippen molar-refractivity contribution in [1.29, 1.82) is 0 Å². The van der Waals surface area contributed by atoms with Crippen molar-refractivity contribution in [1.82, 2.24) is 9.97 Å². The molecular formula is C14H12F2N2S. The molecule has 0 bridgehead atoms. The van der Waals surface area contributed by atoms with Gasteiger partial charge < -0.3 is 4.98 Å². The van der Waals surface area contributed by atoms with Crippen molar-refractivity contribution in [3.8, 4) is 0 Å². The molecule has 0 radical (unpaired) electrons. The highest BCUT2D eigenvalue weighted by atomic mass is 32.1. The van der Waals surface area contributed by atoms with Crippen molar-refractivity contribution < 1.29 is 8.78 Å². The van der Waals surface area contributed by atoms with E-state index in [1.165, 1.54) is 12.1 Å². The van der Waals surface area contributed by atoms with Crippen LogP contribution in [0.5, 0.6) is 0 Å². The van der Waals surface area contributed by atoms with Crippen LogP contribution in [0.2, 0.25) is 0 Å². The van der Waals surface area contributed by atoms with E-state index in [1.807, 2.05) is 0 Å². The Morgan fingerprint density at radius 2 is 2.11 bits per heavy atom. The van der Waals surface area contributed by atoms with E-state index < -0.39 is 11.6 Å². The Morgan fingerprint density at radius 1 is 1.26 bits per heavy atom. The molecule has 1 heterocycles. The number of hydrogen-bond acceptors (Lipinski definition) is 2. The summed E-state index contributed by atoms with van der Waals surface area (Å²) in [4.78, 5) is 7.52. The summed E-state index contributed by atoms with van der Waals surface area (Å²) in [6.45, 7) is 0. The van der Waals surface area contributed by atoms with E-state index in [9.17, 15) is 8.78 Å². The number of nitrogens with zero attached hydrogens (tertiary/aromatic N) is 1. The summed E-state index contributed by atoms with van der Waals surface area (Å²) in [6, 6.07) is 3.58. The van der Waals surface area contributed by atoms with E-state index in [-0.39, 0.29) is 0 Å². The molecule has 2 nitrogen and oxygen atoms in total. The zero-order valence-electron chi connectivity index (χ0n) is 10.2. The van der Waals surface area contributed by atoms with Gasteiger partial charge in [0.1, 0.15) is 22.1 Å². The maximum absolute atomic E-state index is 13.6. The third kappa shape index (κ3) is 2.42. The Labute approximate surface area is 114 Å². The number of fused-ring (bicyclic) bond motifs is 1. The van der Waals surface area contributed by atoms with Gasteiger partial charge in [-0.25, -0.2) is 13.8 Å². The number of benzene rings is 1. The molecule has 0 fully saturated rings. The van der Waals surface area contributed by atoms with Gasteiger partial charge in [-0.2, -0.15) is 0 Å². The second-order valence-corrected chi connectivity index (χ2v) is 5.10. The lowest BCUT2D eigenvalue weighted by molar-refractivity contribution is 0.573. The van der Waals surface area contributed by atoms with E-state index in [4.69, 9.17) is 12.2 Å². The van der Waals surface area contributed by atoms with Crippen LogP contribution in [0.25, 0.3) is 0 Å². The minimum Gasteiger partial charge on any atom is -0.347 e. The van der Waals surface area contributed by atoms with Gasteiger partial charge in [-0.3, -0.25) is 0 Å². The van der Waals surface area contributed by atoms with Gasteiger partial charge in [0.2, 0.25) is 0 Å². The molecule has 0 saturated heterocycles. The summed E-state index contributed by atoms with van der Waals surface area (Å²) in [5, 5.41) is 0. The molecule has 2 aromatic rings. The molecule has 1 aliphatic rings. The van der Waals surface area contributed by atoms with Gasteiger partial charge in [-0.05, 0) is 30.9 Å². The fraction of sp³-hybridized carbons (Fsp3) is 0.286. The lowest BCUT2D eigenvalue weighted by atomic mass is 10.1. The topological polar surface area (TPSA) is 28.7 Å².